The molecular formula is C23H31N5O4S. The van der Waals surface area contributed by atoms with Crippen LogP contribution >= 0.6 is 11.3 Å². The van der Waals surface area contributed by atoms with Gasteiger partial charge in [-0.1, -0.05) is 24.3 Å². The highest BCUT2D eigenvalue weighted by molar-refractivity contribution is 7.20. The third kappa shape index (κ3) is 6.45. The molecule has 0 radical (unpaired) electrons. The van der Waals surface area contributed by atoms with Crippen LogP contribution in [-0.4, -0.2) is 54.0 Å². The third-order valence-corrected chi connectivity index (χ3v) is 6.80. The number of nitrogens with two attached hydrogens (primary N) is 2. The molecule has 0 saturated carbocycles. The molecule has 1 aliphatic rings. The van der Waals surface area contributed by atoms with E-state index in [9.17, 15) is 14.4 Å². The molecule has 0 spiro atoms. The highest BCUT2D eigenvalue weighted by Gasteiger charge is 2.28. The Bertz CT molecular complexity index is 954. The number of anilines is 1. The minimum Gasteiger partial charge on any atom is -0.407 e. The quantitative estimate of drug-likeness (QED) is 0.540. The van der Waals surface area contributed by atoms with Gasteiger partial charge in [-0.2, -0.15) is 0 Å². The van der Waals surface area contributed by atoms with Gasteiger partial charge in [0.25, 0.3) is 0 Å². The number of rotatable bonds is 8. The molecule has 2 aromatic rings. The van der Waals surface area contributed by atoms with Crippen molar-refractivity contribution in [2.75, 3.05) is 31.5 Å². The van der Waals surface area contributed by atoms with E-state index in [4.69, 9.17) is 16.2 Å². The lowest BCUT2D eigenvalue weighted by atomic mass is 9.96. The van der Waals surface area contributed by atoms with Gasteiger partial charge in [0.15, 0.2) is 5.75 Å². The lowest BCUT2D eigenvalue weighted by Crippen LogP contribution is -2.44. The molecule has 1 atom stereocenters. The van der Waals surface area contributed by atoms with Crippen molar-refractivity contribution in [1.82, 2.24) is 9.80 Å². The van der Waals surface area contributed by atoms with Gasteiger partial charge < -0.3 is 21.1 Å². The first-order valence-electron chi connectivity index (χ1n) is 11.1. The van der Waals surface area contributed by atoms with Crippen molar-refractivity contribution in [3.63, 3.8) is 0 Å². The van der Waals surface area contributed by atoms with E-state index < -0.39 is 12.1 Å². The number of thiophene rings is 1. The zero-order chi connectivity index (χ0) is 24.0. The fraction of sp³-hybridized carbons (Fsp3) is 0.435. The van der Waals surface area contributed by atoms with Crippen LogP contribution in [0.2, 0.25) is 0 Å². The summed E-state index contributed by atoms with van der Waals surface area (Å²) >= 11 is 1.24. The number of carbonyl (C=O) groups excluding carboxylic acids is 3. The molecule has 10 heteroatoms. The maximum atomic E-state index is 12.8. The minimum absolute atomic E-state index is 0.0592. The average Bonchev–Trinajstić information content (AvgIpc) is 3.16. The number of nitrogens with one attached hydrogen (secondary N) is 1. The second kappa shape index (κ2) is 11.2. The first-order valence-corrected chi connectivity index (χ1v) is 11.9. The molecule has 1 aromatic carbocycles. The summed E-state index contributed by atoms with van der Waals surface area (Å²) in [4.78, 5) is 40.2. The molecular weight excluding hydrogens is 442 g/mol. The summed E-state index contributed by atoms with van der Waals surface area (Å²) < 4.78 is 4.98. The van der Waals surface area contributed by atoms with Gasteiger partial charge in [0.2, 0.25) is 5.91 Å². The topological polar surface area (TPSA) is 131 Å². The maximum absolute atomic E-state index is 12.8. The Morgan fingerprint density at radius 2 is 1.88 bits per heavy atom. The first kappa shape index (κ1) is 24.5. The van der Waals surface area contributed by atoms with Gasteiger partial charge in [0.1, 0.15) is 5.00 Å². The predicted octanol–water partition coefficient (Wildman–Crippen LogP) is 3.44. The van der Waals surface area contributed by atoms with Crippen molar-refractivity contribution in [2.45, 2.75) is 33.2 Å². The largest absolute Gasteiger partial charge is 0.410 e. The molecule has 4 amide bonds. The van der Waals surface area contributed by atoms with Crippen LogP contribution in [0.1, 0.15) is 32.3 Å². The molecule has 9 nitrogen and oxygen atoms in total. The first-order chi connectivity index (χ1) is 15.8. The number of hydrogen-bond donors (Lipinski definition) is 3. The number of urea groups is 1. The Kier molecular flexibility index (Phi) is 8.29. The summed E-state index contributed by atoms with van der Waals surface area (Å²) in [5.74, 6) is 0.471. The molecule has 0 aliphatic carbocycles. The lowest BCUT2D eigenvalue weighted by molar-refractivity contribution is -0.137. The number of amides is 4. The molecule has 3 rings (SSSR count). The van der Waals surface area contributed by atoms with E-state index in [1.807, 2.05) is 43.0 Å². The predicted molar refractivity (Wildman–Crippen MR) is 129 cm³/mol. The fourth-order valence-corrected chi connectivity index (χ4v) is 5.12. The van der Waals surface area contributed by atoms with Crippen molar-refractivity contribution < 1.29 is 19.1 Å². The van der Waals surface area contributed by atoms with Gasteiger partial charge in [-0.3, -0.25) is 15.0 Å². The summed E-state index contributed by atoms with van der Waals surface area (Å²) in [6.07, 6.45) is 0.991. The second-order valence-electron chi connectivity index (χ2n) is 8.00. The standard InChI is InChI=1S/C23H31N5O4S/c1-3-28(4-2)21(29)17-6-5-11-27(14-17)13-15-7-9-16(10-8-15)19-12-18(32-23(25)31)20(33-19)26-22(24)30/h7-10,12,17H,3-6,11,13-14H2,1-2H3,(H2,25,31)(H3,24,26,30). The van der Waals surface area contributed by atoms with Gasteiger partial charge in [0.05, 0.1) is 5.92 Å². The van der Waals surface area contributed by atoms with E-state index in [1.165, 1.54) is 11.3 Å². The maximum Gasteiger partial charge on any atom is 0.410 e. The SMILES string of the molecule is CCN(CC)C(=O)C1CCCN(Cc2ccc(-c3cc(OC(N)=O)c(NC(N)=O)s3)cc2)C1. The number of nitrogens with zero attached hydrogens (tertiary/aromatic N) is 2. The molecule has 0 bridgehead atoms. The fourth-order valence-electron chi connectivity index (χ4n) is 4.13. The summed E-state index contributed by atoms with van der Waals surface area (Å²) in [5.41, 5.74) is 12.4. The van der Waals surface area contributed by atoms with Gasteiger partial charge in [-0.25, -0.2) is 9.59 Å². The average molecular weight is 474 g/mol. The Hall–Kier alpha value is -3.11. The number of primary amides is 2. The Morgan fingerprint density at radius 3 is 2.48 bits per heavy atom. The molecule has 1 saturated heterocycles. The lowest BCUT2D eigenvalue weighted by Gasteiger charge is -2.34. The Balaban J connectivity index is 1.68. The number of hydrogen-bond acceptors (Lipinski definition) is 6. The van der Waals surface area contributed by atoms with Gasteiger partial charge in [-0.15, -0.1) is 11.3 Å². The minimum atomic E-state index is -0.971. The number of benzene rings is 1. The monoisotopic (exact) mass is 473 g/mol. The number of ether oxygens (including phenoxy) is 1. The van der Waals surface area contributed by atoms with E-state index >= 15 is 0 Å². The molecule has 1 aromatic heterocycles. The Morgan fingerprint density at radius 1 is 1.18 bits per heavy atom. The Labute approximate surface area is 197 Å². The van der Waals surface area contributed by atoms with Crippen LogP contribution in [0.15, 0.2) is 30.3 Å². The van der Waals surface area contributed by atoms with E-state index in [2.05, 4.69) is 10.2 Å². The van der Waals surface area contributed by atoms with Crippen LogP contribution in [0.5, 0.6) is 5.75 Å². The summed E-state index contributed by atoms with van der Waals surface area (Å²) in [6.45, 7) is 8.07. The number of likely N-dealkylation sites (tertiary alicyclic amines) is 1. The smallest absolute Gasteiger partial charge is 0.407 e. The zero-order valence-corrected chi connectivity index (χ0v) is 19.8. The number of piperidine rings is 1. The van der Waals surface area contributed by atoms with Crippen molar-refractivity contribution in [3.05, 3.63) is 35.9 Å². The van der Waals surface area contributed by atoms with Crippen LogP contribution in [0.25, 0.3) is 10.4 Å². The van der Waals surface area contributed by atoms with Crippen LogP contribution < -0.4 is 21.5 Å². The van der Waals surface area contributed by atoms with E-state index in [0.29, 0.717) is 5.00 Å². The molecule has 5 N–H and O–H groups in total. The molecule has 178 valence electrons. The van der Waals surface area contributed by atoms with Crippen molar-refractivity contribution in [1.29, 1.82) is 0 Å². The van der Waals surface area contributed by atoms with E-state index in [-0.39, 0.29) is 17.6 Å². The number of carbonyl (C=O) groups is 3. The van der Waals surface area contributed by atoms with E-state index in [0.717, 1.165) is 61.6 Å². The van der Waals surface area contributed by atoms with Crippen LogP contribution in [0, 0.1) is 5.92 Å². The van der Waals surface area contributed by atoms with E-state index in [1.54, 1.807) is 6.07 Å². The molecule has 1 fully saturated rings. The highest BCUT2D eigenvalue weighted by Crippen LogP contribution is 2.40. The van der Waals surface area contributed by atoms with Crippen molar-refractivity contribution in [3.8, 4) is 16.2 Å². The molecule has 33 heavy (non-hydrogen) atoms. The van der Waals surface area contributed by atoms with Crippen LogP contribution in [0.4, 0.5) is 14.6 Å². The van der Waals surface area contributed by atoms with Crippen molar-refractivity contribution >= 4 is 34.4 Å². The normalized spacial score (nSPS) is 16.2. The molecule has 1 unspecified atom stereocenters. The van der Waals surface area contributed by atoms with Crippen LogP contribution in [-0.2, 0) is 11.3 Å². The summed E-state index contributed by atoms with van der Waals surface area (Å²) in [6, 6.07) is 8.93. The highest BCUT2D eigenvalue weighted by atomic mass is 32.1. The second-order valence-corrected chi connectivity index (χ2v) is 9.05. The van der Waals surface area contributed by atoms with Gasteiger partial charge >= 0.3 is 12.1 Å². The molecule has 2 heterocycles. The van der Waals surface area contributed by atoms with Gasteiger partial charge in [0, 0.05) is 37.1 Å². The molecule has 1 aliphatic heterocycles. The van der Waals surface area contributed by atoms with Crippen LogP contribution in [0.3, 0.4) is 0 Å². The van der Waals surface area contributed by atoms with Crippen molar-refractivity contribution in [2.24, 2.45) is 17.4 Å². The third-order valence-electron chi connectivity index (χ3n) is 5.72. The summed E-state index contributed by atoms with van der Waals surface area (Å²) in [7, 11) is 0. The summed E-state index contributed by atoms with van der Waals surface area (Å²) in [5, 5.41) is 2.77. The zero-order valence-electron chi connectivity index (χ0n) is 19.0. The van der Waals surface area contributed by atoms with Gasteiger partial charge in [-0.05, 0) is 44.4 Å².